The van der Waals surface area contributed by atoms with Crippen LogP contribution in [0.5, 0.6) is 0 Å². The van der Waals surface area contributed by atoms with E-state index in [1.54, 1.807) is 32.0 Å². The number of rotatable bonds is 4. The van der Waals surface area contributed by atoms with Gasteiger partial charge >= 0.3 is 0 Å². The molecule has 1 aliphatic rings. The molecule has 0 saturated carbocycles. The zero-order valence-corrected chi connectivity index (χ0v) is 14.6. The summed E-state index contributed by atoms with van der Waals surface area (Å²) in [6.45, 7) is 4.20. The molecule has 7 nitrogen and oxygen atoms in total. The Kier molecular flexibility index (Phi) is 4.60. The Labute approximate surface area is 141 Å². The number of carbonyl (C=O) groups is 1. The van der Waals surface area contributed by atoms with Crippen molar-refractivity contribution in [3.05, 3.63) is 24.1 Å². The number of amides is 1. The van der Waals surface area contributed by atoms with E-state index in [1.165, 1.54) is 4.31 Å². The maximum Gasteiger partial charge on any atom is 0.227 e. The highest BCUT2D eigenvalue weighted by atomic mass is 32.2. The van der Waals surface area contributed by atoms with E-state index in [9.17, 15) is 13.2 Å². The van der Waals surface area contributed by atoms with Crippen molar-refractivity contribution in [2.24, 2.45) is 5.92 Å². The monoisotopic (exact) mass is 351 g/mol. The van der Waals surface area contributed by atoms with Crippen LogP contribution in [0.25, 0.3) is 11.1 Å². The number of nitrogens with zero attached hydrogens (tertiary/aromatic N) is 2. The van der Waals surface area contributed by atoms with Gasteiger partial charge in [-0.2, -0.15) is 0 Å². The summed E-state index contributed by atoms with van der Waals surface area (Å²) < 4.78 is 30.7. The summed E-state index contributed by atoms with van der Waals surface area (Å²) >= 11 is 0. The standard InChI is InChI=1S/C16H21N3O4S/c1-3-24(21,22)19-8-6-12(7-9-19)16(20)18-13-4-5-14-15(10-13)23-11(2)17-14/h4-5,10,12H,3,6-9H2,1-2H3,(H,18,20). The van der Waals surface area contributed by atoms with Gasteiger partial charge in [-0.05, 0) is 31.9 Å². The van der Waals surface area contributed by atoms with Crippen molar-refractivity contribution in [3.8, 4) is 0 Å². The Morgan fingerprint density at radius 3 is 2.75 bits per heavy atom. The lowest BCUT2D eigenvalue weighted by molar-refractivity contribution is -0.120. The molecule has 1 aromatic carbocycles. The van der Waals surface area contributed by atoms with Crippen molar-refractivity contribution in [3.63, 3.8) is 0 Å². The van der Waals surface area contributed by atoms with Crippen molar-refractivity contribution < 1.29 is 17.6 Å². The Morgan fingerprint density at radius 2 is 2.08 bits per heavy atom. The number of aromatic nitrogens is 1. The maximum absolute atomic E-state index is 12.4. The first-order valence-corrected chi connectivity index (χ1v) is 9.66. The minimum absolute atomic E-state index is 0.0841. The van der Waals surface area contributed by atoms with Crippen LogP contribution < -0.4 is 5.32 Å². The van der Waals surface area contributed by atoms with Gasteiger partial charge in [0.15, 0.2) is 11.5 Å². The van der Waals surface area contributed by atoms with Gasteiger partial charge in [-0.1, -0.05) is 0 Å². The largest absolute Gasteiger partial charge is 0.441 e. The van der Waals surface area contributed by atoms with Gasteiger partial charge < -0.3 is 9.73 Å². The second-order valence-corrected chi connectivity index (χ2v) is 8.24. The van der Waals surface area contributed by atoms with E-state index < -0.39 is 10.0 Å². The lowest BCUT2D eigenvalue weighted by Gasteiger charge is -2.30. The number of fused-ring (bicyclic) bond motifs is 1. The van der Waals surface area contributed by atoms with Gasteiger partial charge in [0, 0.05) is 37.7 Å². The molecule has 1 aromatic heterocycles. The molecule has 0 atom stereocenters. The summed E-state index contributed by atoms with van der Waals surface area (Å²) in [5.74, 6) is 0.415. The average Bonchev–Trinajstić information content (AvgIpc) is 2.94. The normalized spacial score (nSPS) is 17.2. The molecule has 0 spiro atoms. The van der Waals surface area contributed by atoms with Gasteiger partial charge in [0.25, 0.3) is 0 Å². The summed E-state index contributed by atoms with van der Waals surface area (Å²) in [6, 6.07) is 5.35. The van der Waals surface area contributed by atoms with Crippen molar-refractivity contribution in [2.75, 3.05) is 24.2 Å². The third-order valence-electron chi connectivity index (χ3n) is 4.35. The highest BCUT2D eigenvalue weighted by molar-refractivity contribution is 7.89. The van der Waals surface area contributed by atoms with E-state index in [0.717, 1.165) is 5.52 Å². The van der Waals surface area contributed by atoms with Crippen molar-refractivity contribution in [1.82, 2.24) is 9.29 Å². The predicted molar refractivity (Wildman–Crippen MR) is 91.1 cm³/mol. The number of carbonyl (C=O) groups excluding carboxylic acids is 1. The Balaban J connectivity index is 1.63. The van der Waals surface area contributed by atoms with Crippen LogP contribution in [-0.4, -0.2) is 42.5 Å². The number of anilines is 1. The predicted octanol–water partition coefficient (Wildman–Crippen LogP) is 2.14. The molecular formula is C16H21N3O4S. The van der Waals surface area contributed by atoms with Crippen LogP contribution in [-0.2, 0) is 14.8 Å². The first-order chi connectivity index (χ1) is 11.4. The van der Waals surface area contributed by atoms with E-state index in [1.807, 2.05) is 0 Å². The molecule has 24 heavy (non-hydrogen) atoms. The van der Waals surface area contributed by atoms with E-state index in [-0.39, 0.29) is 17.6 Å². The molecule has 8 heteroatoms. The second kappa shape index (κ2) is 6.52. The molecule has 0 aliphatic carbocycles. The lowest BCUT2D eigenvalue weighted by Crippen LogP contribution is -2.42. The SMILES string of the molecule is CCS(=O)(=O)N1CCC(C(=O)Nc2ccc3nc(C)oc3c2)CC1. The number of aryl methyl sites for hydroxylation is 1. The second-order valence-electron chi connectivity index (χ2n) is 5.98. The topological polar surface area (TPSA) is 92.5 Å². The molecule has 1 N–H and O–H groups in total. The fourth-order valence-electron chi connectivity index (χ4n) is 2.94. The van der Waals surface area contributed by atoms with Crippen LogP contribution in [0.3, 0.4) is 0 Å². The van der Waals surface area contributed by atoms with E-state index >= 15 is 0 Å². The van der Waals surface area contributed by atoms with Gasteiger partial charge in [-0.3, -0.25) is 4.79 Å². The van der Waals surface area contributed by atoms with Crippen molar-refractivity contribution >= 4 is 32.7 Å². The van der Waals surface area contributed by atoms with Crippen LogP contribution in [0.1, 0.15) is 25.7 Å². The van der Waals surface area contributed by atoms with E-state index in [2.05, 4.69) is 10.3 Å². The number of hydrogen-bond donors (Lipinski definition) is 1. The zero-order valence-electron chi connectivity index (χ0n) is 13.8. The minimum Gasteiger partial charge on any atom is -0.441 e. The third kappa shape index (κ3) is 3.44. The summed E-state index contributed by atoms with van der Waals surface area (Å²) in [5, 5.41) is 2.89. The third-order valence-corrected chi connectivity index (χ3v) is 6.23. The van der Waals surface area contributed by atoms with Crippen LogP contribution in [0, 0.1) is 12.8 Å². The molecule has 1 fully saturated rings. The van der Waals surface area contributed by atoms with Crippen LogP contribution in [0.2, 0.25) is 0 Å². The number of oxazole rings is 1. The molecular weight excluding hydrogens is 330 g/mol. The fourth-order valence-corrected chi connectivity index (χ4v) is 4.07. The van der Waals surface area contributed by atoms with Gasteiger partial charge in [0.2, 0.25) is 15.9 Å². The maximum atomic E-state index is 12.4. The molecule has 3 rings (SSSR count). The molecule has 130 valence electrons. The molecule has 1 amide bonds. The summed E-state index contributed by atoms with van der Waals surface area (Å²) in [6.07, 6.45) is 1.07. The Bertz CT molecular complexity index is 851. The molecule has 1 aliphatic heterocycles. The summed E-state index contributed by atoms with van der Waals surface area (Å²) in [7, 11) is -3.17. The Morgan fingerprint density at radius 1 is 1.38 bits per heavy atom. The number of nitrogens with one attached hydrogen (secondary N) is 1. The van der Waals surface area contributed by atoms with E-state index in [4.69, 9.17) is 4.42 Å². The van der Waals surface area contributed by atoms with Gasteiger partial charge in [-0.25, -0.2) is 17.7 Å². The quantitative estimate of drug-likeness (QED) is 0.911. The fraction of sp³-hybridized carbons (Fsp3) is 0.500. The first-order valence-electron chi connectivity index (χ1n) is 8.05. The molecule has 0 radical (unpaired) electrons. The van der Waals surface area contributed by atoms with Crippen LogP contribution >= 0.6 is 0 Å². The molecule has 1 saturated heterocycles. The number of sulfonamides is 1. The number of benzene rings is 1. The Hall–Kier alpha value is -1.93. The van der Waals surface area contributed by atoms with Gasteiger partial charge in [0.05, 0.1) is 5.75 Å². The van der Waals surface area contributed by atoms with Crippen LogP contribution in [0.15, 0.2) is 22.6 Å². The van der Waals surface area contributed by atoms with Gasteiger partial charge in [-0.15, -0.1) is 0 Å². The van der Waals surface area contributed by atoms with Crippen molar-refractivity contribution in [1.29, 1.82) is 0 Å². The average molecular weight is 351 g/mol. The molecule has 0 unspecified atom stereocenters. The van der Waals surface area contributed by atoms with Gasteiger partial charge in [0.1, 0.15) is 5.52 Å². The molecule has 0 bridgehead atoms. The molecule has 2 heterocycles. The van der Waals surface area contributed by atoms with Crippen molar-refractivity contribution in [2.45, 2.75) is 26.7 Å². The summed E-state index contributed by atoms with van der Waals surface area (Å²) in [4.78, 5) is 16.6. The lowest BCUT2D eigenvalue weighted by atomic mass is 9.97. The number of hydrogen-bond acceptors (Lipinski definition) is 5. The highest BCUT2D eigenvalue weighted by Gasteiger charge is 2.30. The smallest absolute Gasteiger partial charge is 0.227 e. The zero-order chi connectivity index (χ0) is 17.3. The minimum atomic E-state index is -3.17. The summed E-state index contributed by atoms with van der Waals surface area (Å²) in [5.41, 5.74) is 2.05. The molecule has 2 aromatic rings. The first kappa shape index (κ1) is 16.9. The van der Waals surface area contributed by atoms with E-state index in [0.29, 0.717) is 43.1 Å². The van der Waals surface area contributed by atoms with Crippen LogP contribution in [0.4, 0.5) is 5.69 Å². The number of piperidine rings is 1. The highest BCUT2D eigenvalue weighted by Crippen LogP contribution is 2.24.